The van der Waals surface area contributed by atoms with Crippen molar-refractivity contribution in [1.82, 2.24) is 19.9 Å². The zero-order valence-corrected chi connectivity index (χ0v) is 33.8. The van der Waals surface area contributed by atoms with Gasteiger partial charge in [0, 0.05) is 107 Å². The van der Waals surface area contributed by atoms with E-state index in [0.717, 1.165) is 0 Å². The summed E-state index contributed by atoms with van der Waals surface area (Å²) in [4.78, 5) is 16.4. The SMILES string of the molecule is Oc1c2cc(N=Nc3ccncc3)cc1Cc1cc(N=Nc3cccnc3)cc(c1O)Cc1cc(N=Nc3cccnc3)cc(c1O)Cc1cc(N=Nc3ccncc3)cc(c1O)C2. The van der Waals surface area contributed by atoms with Crippen LogP contribution in [-0.2, 0) is 25.7 Å². The van der Waals surface area contributed by atoms with E-state index in [-0.39, 0.29) is 48.7 Å². The maximum atomic E-state index is 12.1. The third kappa shape index (κ3) is 9.50. The van der Waals surface area contributed by atoms with Gasteiger partial charge in [-0.2, -0.15) is 30.7 Å². The van der Waals surface area contributed by atoms with Crippen LogP contribution in [0.4, 0.5) is 45.5 Å². The average Bonchev–Trinajstić information content (AvgIpc) is 3.32. The molecule has 4 aromatic heterocycles. The zero-order chi connectivity index (χ0) is 43.8. The Balaban J connectivity index is 1.24. The Hall–Kier alpha value is -8.92. The summed E-state index contributed by atoms with van der Waals surface area (Å²) >= 11 is 0. The first-order valence-corrected chi connectivity index (χ1v) is 20.0. The summed E-state index contributed by atoms with van der Waals surface area (Å²) in [5, 5.41) is 83.9. The standard InChI is InChI=1S/C48H36N12O4/c61-45-29-15-30-20-42(58-54-38-7-13-50-14-8-38)22-32(46(30)62)17-34-24-44(60-56-40-4-2-10-52-28-40)26-36(48(34)64)18-35-25-43(59-55-39-3-1-9-51-27-39)23-33(47(35)63)16-31(45)21-41(19-29)57-53-37-5-11-49-12-6-37/h1-14,19-28,61-64H,15-18H2. The molecule has 312 valence electrons. The molecule has 4 heterocycles. The van der Waals surface area contributed by atoms with Gasteiger partial charge in [0.2, 0.25) is 0 Å². The third-order valence-electron chi connectivity index (χ3n) is 10.3. The Bertz CT molecular complexity index is 2580. The van der Waals surface area contributed by atoms with Gasteiger partial charge in [-0.25, -0.2) is 0 Å². The quantitative estimate of drug-likeness (QED) is 0.107. The van der Waals surface area contributed by atoms with E-state index in [2.05, 4.69) is 60.8 Å². The molecule has 64 heavy (non-hydrogen) atoms. The number of hydrogen-bond acceptors (Lipinski definition) is 16. The van der Waals surface area contributed by atoms with E-state index in [0.29, 0.717) is 90.0 Å². The lowest BCUT2D eigenvalue weighted by Gasteiger charge is -2.18. The molecule has 0 saturated heterocycles. The van der Waals surface area contributed by atoms with Gasteiger partial charge in [0.15, 0.2) is 0 Å². The van der Waals surface area contributed by atoms with Crippen LogP contribution in [0.3, 0.4) is 0 Å². The largest absolute Gasteiger partial charge is 0.507 e. The fourth-order valence-electron chi connectivity index (χ4n) is 7.21. The van der Waals surface area contributed by atoms with E-state index in [1.165, 1.54) is 0 Å². The molecular weight excluding hydrogens is 809 g/mol. The van der Waals surface area contributed by atoms with E-state index in [1.807, 2.05) is 0 Å². The summed E-state index contributed by atoms with van der Waals surface area (Å²) in [5.74, 6) is -0.302. The van der Waals surface area contributed by atoms with Crippen LogP contribution in [0.25, 0.3) is 0 Å². The number of rotatable bonds is 8. The van der Waals surface area contributed by atoms with Crippen LogP contribution in [0.15, 0.2) is 188 Å². The van der Waals surface area contributed by atoms with Crippen LogP contribution in [0.1, 0.15) is 44.5 Å². The smallest absolute Gasteiger partial charge is 0.122 e. The predicted octanol–water partition coefficient (Wildman–Crippen LogP) is 12.4. The van der Waals surface area contributed by atoms with E-state index < -0.39 is 0 Å². The van der Waals surface area contributed by atoms with Gasteiger partial charge in [-0.3, -0.25) is 19.9 Å². The highest BCUT2D eigenvalue weighted by Gasteiger charge is 2.22. The maximum Gasteiger partial charge on any atom is 0.122 e. The van der Waals surface area contributed by atoms with Crippen LogP contribution in [0.5, 0.6) is 23.0 Å². The normalized spacial score (nSPS) is 12.8. The van der Waals surface area contributed by atoms with Crippen LogP contribution >= 0.6 is 0 Å². The molecule has 9 rings (SSSR count). The van der Waals surface area contributed by atoms with Crippen molar-refractivity contribution in [2.24, 2.45) is 40.9 Å². The van der Waals surface area contributed by atoms with Crippen molar-refractivity contribution in [3.8, 4) is 23.0 Å². The minimum Gasteiger partial charge on any atom is -0.507 e. The molecule has 0 unspecified atom stereocenters. The van der Waals surface area contributed by atoms with Crippen LogP contribution < -0.4 is 0 Å². The van der Waals surface area contributed by atoms with Crippen LogP contribution in [-0.4, -0.2) is 40.4 Å². The van der Waals surface area contributed by atoms with Gasteiger partial charge in [-0.05, 0) is 97.1 Å². The molecule has 1 aliphatic rings. The predicted molar refractivity (Wildman–Crippen MR) is 237 cm³/mol. The second kappa shape index (κ2) is 18.4. The highest BCUT2D eigenvalue weighted by Crippen LogP contribution is 2.43. The number of phenolic OH excluding ortho intramolecular Hbond substituents is 4. The third-order valence-corrected chi connectivity index (χ3v) is 10.3. The van der Waals surface area contributed by atoms with Crippen LogP contribution in [0.2, 0.25) is 0 Å². The van der Waals surface area contributed by atoms with Crippen LogP contribution in [0, 0.1) is 0 Å². The molecule has 0 fully saturated rings. The molecule has 16 nitrogen and oxygen atoms in total. The van der Waals surface area contributed by atoms with Gasteiger partial charge in [0.05, 0.1) is 46.5 Å². The van der Waals surface area contributed by atoms with Crippen molar-refractivity contribution in [2.75, 3.05) is 0 Å². The lowest BCUT2D eigenvalue weighted by molar-refractivity contribution is 0.450. The molecule has 4 aromatic carbocycles. The molecule has 0 spiro atoms. The Kier molecular flexibility index (Phi) is 11.6. The van der Waals surface area contributed by atoms with Crippen molar-refractivity contribution in [3.63, 3.8) is 0 Å². The first kappa shape index (κ1) is 40.5. The summed E-state index contributed by atoms with van der Waals surface area (Å²) in [5.41, 5.74) is 7.07. The number of pyridine rings is 4. The Morgan fingerprint density at radius 3 is 0.781 bits per heavy atom. The number of hydrogen-bond donors (Lipinski definition) is 4. The topological polar surface area (TPSA) is 231 Å². The molecule has 8 aromatic rings. The van der Waals surface area contributed by atoms with Gasteiger partial charge >= 0.3 is 0 Å². The minimum atomic E-state index is -0.0763. The molecule has 1 aliphatic carbocycles. The van der Waals surface area contributed by atoms with Crippen molar-refractivity contribution >= 4 is 45.5 Å². The molecule has 0 amide bonds. The fourth-order valence-corrected chi connectivity index (χ4v) is 7.21. The van der Waals surface area contributed by atoms with Gasteiger partial charge in [-0.15, -0.1) is 10.2 Å². The average molecular weight is 845 g/mol. The highest BCUT2D eigenvalue weighted by molar-refractivity contribution is 5.64. The first-order chi connectivity index (χ1) is 31.3. The van der Waals surface area contributed by atoms with E-state index in [4.69, 9.17) is 0 Å². The lowest BCUT2D eigenvalue weighted by Crippen LogP contribution is -2.01. The Morgan fingerprint density at radius 2 is 0.531 bits per heavy atom. The first-order valence-electron chi connectivity index (χ1n) is 20.0. The number of benzene rings is 4. The number of fused-ring (bicyclic) bond motifs is 8. The molecular formula is C48H36N12O4. The second-order valence-electron chi connectivity index (χ2n) is 14.8. The Labute approximate surface area is 365 Å². The maximum absolute atomic E-state index is 12.1. The molecule has 0 saturated carbocycles. The van der Waals surface area contributed by atoms with E-state index in [1.54, 1.807) is 147 Å². The van der Waals surface area contributed by atoms with Crippen molar-refractivity contribution in [1.29, 1.82) is 0 Å². The molecule has 16 heteroatoms. The van der Waals surface area contributed by atoms with E-state index >= 15 is 0 Å². The number of azo groups is 4. The summed E-state index contributed by atoms with van der Waals surface area (Å²) in [6.45, 7) is 0. The second-order valence-corrected chi connectivity index (χ2v) is 14.8. The summed E-state index contributed by atoms with van der Waals surface area (Å²) in [7, 11) is 0. The molecule has 0 aliphatic heterocycles. The molecule has 0 radical (unpaired) electrons. The van der Waals surface area contributed by atoms with Gasteiger partial charge in [0.1, 0.15) is 34.4 Å². The van der Waals surface area contributed by atoms with Gasteiger partial charge in [-0.1, -0.05) is 0 Å². The highest BCUT2D eigenvalue weighted by atomic mass is 16.3. The Morgan fingerprint density at radius 1 is 0.281 bits per heavy atom. The monoisotopic (exact) mass is 844 g/mol. The van der Waals surface area contributed by atoms with E-state index in [9.17, 15) is 20.4 Å². The number of aromatic hydroxyl groups is 4. The molecule has 0 atom stereocenters. The van der Waals surface area contributed by atoms with Gasteiger partial charge < -0.3 is 20.4 Å². The summed E-state index contributed by atoms with van der Waals surface area (Å²) < 4.78 is 0. The van der Waals surface area contributed by atoms with Crippen molar-refractivity contribution in [3.05, 3.63) is 191 Å². The minimum absolute atomic E-state index is 0.0129. The number of nitrogens with zero attached hydrogens (tertiary/aromatic N) is 12. The fraction of sp³-hybridized carbons (Fsp3) is 0.0833. The molecule has 4 N–H and O–H groups in total. The van der Waals surface area contributed by atoms with Crippen molar-refractivity contribution in [2.45, 2.75) is 25.7 Å². The number of aromatic nitrogens is 4. The molecule has 8 bridgehead atoms. The summed E-state index contributed by atoms with van der Waals surface area (Å²) in [6.07, 6.45) is 12.9. The lowest BCUT2D eigenvalue weighted by atomic mass is 9.90. The summed E-state index contributed by atoms with van der Waals surface area (Å²) in [6, 6.07) is 27.4. The van der Waals surface area contributed by atoms with Crippen molar-refractivity contribution < 1.29 is 20.4 Å². The zero-order valence-electron chi connectivity index (χ0n) is 33.8. The number of phenols is 4. The van der Waals surface area contributed by atoms with Gasteiger partial charge in [0.25, 0.3) is 0 Å².